The molecule has 0 aliphatic carbocycles. The molecule has 0 aromatic heterocycles. The predicted octanol–water partition coefficient (Wildman–Crippen LogP) is 2.36. The van der Waals surface area contributed by atoms with E-state index in [1.54, 1.807) is 24.3 Å². The van der Waals surface area contributed by atoms with Crippen molar-refractivity contribution in [3.05, 3.63) is 35.9 Å². The Hall–Kier alpha value is -3.55. The number of carbonyl (C=O) groups is 5. The number of carbonyl (C=O) groups excluding carboxylic acids is 5. The molecule has 2 rings (SSSR count). The summed E-state index contributed by atoms with van der Waals surface area (Å²) in [5, 5.41) is 2.68. The molecule has 0 bridgehead atoms. The molecule has 2 N–H and O–H groups in total. The Labute approximate surface area is 245 Å². The number of benzene rings is 1. The molecule has 1 heterocycles. The van der Waals surface area contributed by atoms with Crippen molar-refractivity contribution in [3.8, 4) is 0 Å². The molecule has 1 aliphatic rings. The van der Waals surface area contributed by atoms with E-state index in [0.29, 0.717) is 18.5 Å². The maximum atomic E-state index is 12.0. The quantitative estimate of drug-likeness (QED) is 0.117. The topological polar surface area (TPSA) is 165 Å². The smallest absolute Gasteiger partial charge is 0.356 e. The fraction of sp³-hybridized carbons (Fsp3) is 0.621. The molecule has 0 spiro atoms. The summed E-state index contributed by atoms with van der Waals surface area (Å²) >= 11 is 0. The second-order valence-corrected chi connectivity index (χ2v) is 9.86. The number of unbranched alkanes of at least 4 members (excludes halogenated alkanes) is 5. The van der Waals surface area contributed by atoms with E-state index in [9.17, 15) is 24.0 Å². The molecule has 1 fully saturated rings. The summed E-state index contributed by atoms with van der Waals surface area (Å²) in [7, 11) is 0. The summed E-state index contributed by atoms with van der Waals surface area (Å²) in [6, 6.07) is 7.77. The standard InChI is InChI=1S/C29H42N2O11/c1-19(32)31-25-27(40-22(4)35)26(39-21(3)34)24(18-38-20(2)33)41-29(25)37-17-13-8-6-5-7-12-16-30-42-28(36)23-14-10-9-11-15-23/h9-11,14-15,24-27,29-30H,5-8,12-13,16-18H2,1-4H3,(H,31,32)/t24-,25-,26+,27-,29-/m1/s1. The van der Waals surface area contributed by atoms with Gasteiger partial charge in [0.1, 0.15) is 18.8 Å². The molecule has 1 aromatic carbocycles. The van der Waals surface area contributed by atoms with Gasteiger partial charge in [0.05, 0.1) is 5.56 Å². The van der Waals surface area contributed by atoms with E-state index in [1.165, 1.54) is 27.7 Å². The zero-order valence-corrected chi connectivity index (χ0v) is 24.6. The van der Waals surface area contributed by atoms with Crippen molar-refractivity contribution in [2.75, 3.05) is 19.8 Å². The van der Waals surface area contributed by atoms with Gasteiger partial charge in [-0.15, -0.1) is 0 Å². The van der Waals surface area contributed by atoms with E-state index in [4.69, 9.17) is 28.5 Å². The predicted molar refractivity (Wildman–Crippen MR) is 148 cm³/mol. The van der Waals surface area contributed by atoms with Gasteiger partial charge in [0, 0.05) is 40.8 Å². The first-order valence-corrected chi connectivity index (χ1v) is 14.1. The third-order valence-corrected chi connectivity index (χ3v) is 6.20. The van der Waals surface area contributed by atoms with Crippen LogP contribution in [0.2, 0.25) is 0 Å². The zero-order valence-electron chi connectivity index (χ0n) is 24.6. The van der Waals surface area contributed by atoms with Gasteiger partial charge in [0.25, 0.3) is 0 Å². The number of hydroxylamine groups is 1. The molecule has 13 nitrogen and oxygen atoms in total. The van der Waals surface area contributed by atoms with Crippen LogP contribution < -0.4 is 10.8 Å². The molecule has 1 saturated heterocycles. The Bertz CT molecular complexity index is 1020. The highest BCUT2D eigenvalue weighted by Gasteiger charge is 2.51. The Morgan fingerprint density at radius 2 is 1.40 bits per heavy atom. The van der Waals surface area contributed by atoms with Crippen LogP contribution in [0.15, 0.2) is 30.3 Å². The van der Waals surface area contributed by atoms with E-state index in [1.807, 2.05) is 6.07 Å². The molecule has 1 aromatic rings. The Morgan fingerprint density at radius 1 is 0.786 bits per heavy atom. The van der Waals surface area contributed by atoms with Crippen LogP contribution in [0, 0.1) is 0 Å². The van der Waals surface area contributed by atoms with Crippen molar-refractivity contribution < 1.29 is 52.5 Å². The molecule has 0 saturated carbocycles. The van der Waals surface area contributed by atoms with Gasteiger partial charge in [-0.3, -0.25) is 19.2 Å². The number of amides is 1. The van der Waals surface area contributed by atoms with Crippen LogP contribution in [0.3, 0.4) is 0 Å². The number of hydrogen-bond acceptors (Lipinski definition) is 12. The summed E-state index contributed by atoms with van der Waals surface area (Å²) in [6.07, 6.45) is 0.930. The SMILES string of the molecule is CC(=O)N[C@H]1[C@H](OCCCCCCCCNOC(=O)c2ccccc2)O[C@H](COC(C)=O)[C@H](OC(C)=O)[C@@H]1OC(C)=O. The maximum absolute atomic E-state index is 12.0. The largest absolute Gasteiger partial charge is 0.463 e. The van der Waals surface area contributed by atoms with Crippen LogP contribution in [0.1, 0.15) is 76.6 Å². The van der Waals surface area contributed by atoms with Gasteiger partial charge in [-0.1, -0.05) is 43.9 Å². The zero-order chi connectivity index (χ0) is 30.9. The number of hydrogen-bond donors (Lipinski definition) is 2. The number of rotatable bonds is 17. The number of nitrogens with one attached hydrogen (secondary N) is 2. The van der Waals surface area contributed by atoms with Gasteiger partial charge < -0.3 is 33.8 Å². The second kappa shape index (κ2) is 18.8. The lowest BCUT2D eigenvalue weighted by molar-refractivity contribution is -0.277. The highest BCUT2D eigenvalue weighted by molar-refractivity contribution is 5.89. The number of ether oxygens (including phenoxy) is 5. The third-order valence-electron chi connectivity index (χ3n) is 6.20. The minimum atomic E-state index is -1.15. The summed E-state index contributed by atoms with van der Waals surface area (Å²) in [6.45, 7) is 5.43. The van der Waals surface area contributed by atoms with Crippen molar-refractivity contribution in [2.24, 2.45) is 0 Å². The average molecular weight is 595 g/mol. The Kier molecular flexibility index (Phi) is 15.5. The van der Waals surface area contributed by atoms with E-state index in [-0.39, 0.29) is 13.2 Å². The number of esters is 3. The van der Waals surface area contributed by atoms with E-state index in [0.717, 1.165) is 32.1 Å². The third kappa shape index (κ3) is 13.0. The Morgan fingerprint density at radius 3 is 2.02 bits per heavy atom. The average Bonchev–Trinajstić information content (AvgIpc) is 2.93. The molecule has 1 amide bonds. The van der Waals surface area contributed by atoms with Crippen molar-refractivity contribution in [3.63, 3.8) is 0 Å². The molecule has 5 atom stereocenters. The van der Waals surface area contributed by atoms with Crippen LogP contribution in [0.5, 0.6) is 0 Å². The van der Waals surface area contributed by atoms with Crippen molar-refractivity contribution in [2.45, 2.75) is 96.9 Å². The van der Waals surface area contributed by atoms with Gasteiger partial charge in [0.15, 0.2) is 18.5 Å². The summed E-state index contributed by atoms with van der Waals surface area (Å²) in [5.74, 6) is -2.76. The van der Waals surface area contributed by atoms with Gasteiger partial charge in [0.2, 0.25) is 5.91 Å². The fourth-order valence-corrected chi connectivity index (χ4v) is 4.39. The lowest BCUT2D eigenvalue weighted by Crippen LogP contribution is -2.66. The van der Waals surface area contributed by atoms with Crippen LogP contribution in [0.25, 0.3) is 0 Å². The van der Waals surface area contributed by atoms with Crippen LogP contribution >= 0.6 is 0 Å². The lowest BCUT2D eigenvalue weighted by atomic mass is 9.96. The van der Waals surface area contributed by atoms with Crippen LogP contribution in [0.4, 0.5) is 0 Å². The molecular formula is C29H42N2O11. The minimum absolute atomic E-state index is 0.280. The van der Waals surface area contributed by atoms with E-state index in [2.05, 4.69) is 10.8 Å². The molecule has 234 valence electrons. The first kappa shape index (κ1) is 34.7. The van der Waals surface area contributed by atoms with Crippen molar-refractivity contribution in [1.82, 2.24) is 10.8 Å². The van der Waals surface area contributed by atoms with E-state index < -0.39 is 60.4 Å². The Balaban J connectivity index is 1.80. The first-order chi connectivity index (χ1) is 20.1. The summed E-state index contributed by atoms with van der Waals surface area (Å²) in [5.41, 5.74) is 3.18. The normalized spacial score (nSPS) is 21.6. The van der Waals surface area contributed by atoms with Gasteiger partial charge in [-0.05, 0) is 25.0 Å². The molecule has 0 radical (unpaired) electrons. The summed E-state index contributed by atoms with van der Waals surface area (Å²) in [4.78, 5) is 64.1. The van der Waals surface area contributed by atoms with Crippen LogP contribution in [-0.2, 0) is 47.7 Å². The fourth-order valence-electron chi connectivity index (χ4n) is 4.39. The van der Waals surface area contributed by atoms with Gasteiger partial charge >= 0.3 is 23.9 Å². The van der Waals surface area contributed by atoms with Crippen LogP contribution in [-0.4, -0.2) is 80.2 Å². The van der Waals surface area contributed by atoms with Gasteiger partial charge in [-0.25, -0.2) is 4.79 Å². The van der Waals surface area contributed by atoms with Crippen molar-refractivity contribution >= 4 is 29.8 Å². The molecule has 42 heavy (non-hydrogen) atoms. The monoisotopic (exact) mass is 594 g/mol. The molecular weight excluding hydrogens is 552 g/mol. The van der Waals surface area contributed by atoms with Crippen molar-refractivity contribution in [1.29, 1.82) is 0 Å². The van der Waals surface area contributed by atoms with E-state index >= 15 is 0 Å². The highest BCUT2D eigenvalue weighted by atomic mass is 16.7. The first-order valence-electron chi connectivity index (χ1n) is 14.1. The molecule has 1 aliphatic heterocycles. The molecule has 13 heteroatoms. The highest BCUT2D eigenvalue weighted by Crippen LogP contribution is 2.28. The minimum Gasteiger partial charge on any atom is -0.463 e. The second-order valence-electron chi connectivity index (χ2n) is 9.86. The summed E-state index contributed by atoms with van der Waals surface area (Å²) < 4.78 is 27.8. The maximum Gasteiger partial charge on any atom is 0.356 e. The van der Waals surface area contributed by atoms with Gasteiger partial charge in [-0.2, -0.15) is 5.48 Å². The molecule has 0 unspecified atom stereocenters. The lowest BCUT2D eigenvalue weighted by Gasteiger charge is -2.44.